The van der Waals surface area contributed by atoms with Crippen LogP contribution in [0.15, 0.2) is 53.5 Å². The van der Waals surface area contributed by atoms with Crippen molar-refractivity contribution in [2.75, 3.05) is 58.5 Å². The van der Waals surface area contributed by atoms with Crippen LogP contribution in [0.2, 0.25) is 0 Å². The van der Waals surface area contributed by atoms with E-state index >= 15 is 0 Å². The first-order valence-corrected chi connectivity index (χ1v) is 9.92. The molecular weight excluding hydrogens is 495 g/mol. The van der Waals surface area contributed by atoms with E-state index in [2.05, 4.69) is 44.8 Å². The van der Waals surface area contributed by atoms with Crippen LogP contribution in [0.4, 0.5) is 5.69 Å². The van der Waals surface area contributed by atoms with Crippen molar-refractivity contribution in [3.63, 3.8) is 0 Å². The molecule has 164 valence electrons. The molecule has 7 nitrogen and oxygen atoms in total. The third kappa shape index (κ3) is 7.24. The van der Waals surface area contributed by atoms with Crippen LogP contribution in [0.25, 0.3) is 0 Å². The van der Waals surface area contributed by atoms with Crippen LogP contribution in [0.5, 0.6) is 11.5 Å². The number of rotatable bonds is 8. The van der Waals surface area contributed by atoms with Gasteiger partial charge in [0.1, 0.15) is 18.1 Å². The number of morpholine rings is 1. The summed E-state index contributed by atoms with van der Waals surface area (Å²) >= 11 is 0. The molecule has 1 saturated heterocycles. The van der Waals surface area contributed by atoms with Gasteiger partial charge in [-0.1, -0.05) is 18.2 Å². The van der Waals surface area contributed by atoms with Gasteiger partial charge in [0, 0.05) is 32.4 Å². The van der Waals surface area contributed by atoms with Gasteiger partial charge in [-0.3, -0.25) is 4.99 Å². The van der Waals surface area contributed by atoms with Gasteiger partial charge in [0.15, 0.2) is 5.96 Å². The summed E-state index contributed by atoms with van der Waals surface area (Å²) in [6.07, 6.45) is 0. The molecule has 1 aliphatic heterocycles. The monoisotopic (exact) mass is 526 g/mol. The normalized spacial score (nSPS) is 13.9. The molecule has 0 aliphatic carbocycles. The largest absolute Gasteiger partial charge is 0.497 e. The summed E-state index contributed by atoms with van der Waals surface area (Å²) in [5.74, 6) is 2.38. The van der Waals surface area contributed by atoms with E-state index in [1.807, 2.05) is 24.3 Å². The Morgan fingerprint density at radius 3 is 2.43 bits per heavy atom. The van der Waals surface area contributed by atoms with Crippen molar-refractivity contribution in [1.29, 1.82) is 0 Å². The van der Waals surface area contributed by atoms with Gasteiger partial charge in [-0.25, -0.2) is 0 Å². The van der Waals surface area contributed by atoms with Crippen molar-refractivity contribution in [2.24, 2.45) is 4.99 Å². The third-order valence-corrected chi connectivity index (χ3v) is 4.74. The molecule has 0 bridgehead atoms. The van der Waals surface area contributed by atoms with Gasteiger partial charge >= 0.3 is 0 Å². The van der Waals surface area contributed by atoms with Crippen molar-refractivity contribution < 1.29 is 14.2 Å². The molecule has 2 N–H and O–H groups in total. The summed E-state index contributed by atoms with van der Waals surface area (Å²) in [6, 6.07) is 16.0. The Hall–Kier alpha value is -2.20. The predicted molar refractivity (Wildman–Crippen MR) is 132 cm³/mol. The van der Waals surface area contributed by atoms with Crippen molar-refractivity contribution in [2.45, 2.75) is 6.54 Å². The fourth-order valence-corrected chi connectivity index (χ4v) is 3.18. The molecule has 1 fully saturated rings. The number of halogens is 1. The molecule has 1 aliphatic rings. The van der Waals surface area contributed by atoms with Crippen LogP contribution in [0.3, 0.4) is 0 Å². The average Bonchev–Trinajstić information content (AvgIpc) is 2.80. The highest BCUT2D eigenvalue weighted by Gasteiger charge is 2.14. The minimum atomic E-state index is 0. The summed E-state index contributed by atoms with van der Waals surface area (Å²) < 4.78 is 16.4. The van der Waals surface area contributed by atoms with Gasteiger partial charge in [-0.2, -0.15) is 0 Å². The number of nitrogens with zero attached hydrogens (tertiary/aromatic N) is 2. The summed E-state index contributed by atoms with van der Waals surface area (Å²) in [5.41, 5.74) is 2.49. The Bertz CT molecular complexity index is 780. The number of guanidine groups is 1. The number of benzene rings is 2. The lowest BCUT2D eigenvalue weighted by Gasteiger charge is -2.30. The van der Waals surface area contributed by atoms with Crippen molar-refractivity contribution in [1.82, 2.24) is 10.6 Å². The first-order chi connectivity index (χ1) is 14.3. The molecule has 0 radical (unpaired) electrons. The maximum atomic E-state index is 5.74. The van der Waals surface area contributed by atoms with Gasteiger partial charge < -0.3 is 29.7 Å². The second-order valence-electron chi connectivity index (χ2n) is 6.60. The van der Waals surface area contributed by atoms with Crippen LogP contribution in [0.1, 0.15) is 5.56 Å². The molecule has 0 saturated carbocycles. The summed E-state index contributed by atoms with van der Waals surface area (Å²) in [5, 5.41) is 6.67. The van der Waals surface area contributed by atoms with Gasteiger partial charge in [0.05, 0.1) is 26.9 Å². The third-order valence-electron chi connectivity index (χ3n) is 4.74. The van der Waals surface area contributed by atoms with Crippen molar-refractivity contribution >= 4 is 35.6 Å². The number of methoxy groups -OCH3 is 1. The van der Waals surface area contributed by atoms with Crippen LogP contribution < -0.4 is 25.0 Å². The number of hydrogen-bond donors (Lipinski definition) is 2. The predicted octanol–water partition coefficient (Wildman–Crippen LogP) is 2.89. The maximum absolute atomic E-state index is 5.74. The maximum Gasteiger partial charge on any atom is 0.191 e. The minimum Gasteiger partial charge on any atom is -0.497 e. The minimum absolute atomic E-state index is 0. The quantitative estimate of drug-likeness (QED) is 0.239. The highest BCUT2D eigenvalue weighted by atomic mass is 127. The molecular formula is C22H31IN4O3. The molecule has 0 unspecified atom stereocenters. The van der Waals surface area contributed by atoms with Gasteiger partial charge in [-0.15, -0.1) is 24.0 Å². The number of para-hydroxylation sites is 1. The number of anilines is 1. The smallest absolute Gasteiger partial charge is 0.191 e. The topological polar surface area (TPSA) is 67.4 Å². The summed E-state index contributed by atoms with van der Waals surface area (Å²) in [7, 11) is 3.42. The molecule has 8 heteroatoms. The van der Waals surface area contributed by atoms with Gasteiger partial charge in [0.2, 0.25) is 0 Å². The van der Waals surface area contributed by atoms with E-state index < -0.39 is 0 Å². The van der Waals surface area contributed by atoms with Crippen LogP contribution in [-0.2, 0) is 11.3 Å². The molecule has 0 spiro atoms. The lowest BCUT2D eigenvalue weighted by Crippen LogP contribution is -2.40. The number of ether oxygens (including phenoxy) is 3. The zero-order chi connectivity index (χ0) is 20.3. The Labute approximate surface area is 195 Å². The highest BCUT2D eigenvalue weighted by molar-refractivity contribution is 14.0. The fraction of sp³-hybridized carbons (Fsp3) is 0.409. The van der Waals surface area contributed by atoms with E-state index in [1.165, 1.54) is 11.3 Å². The first kappa shape index (κ1) is 24.1. The molecule has 2 aromatic rings. The Balaban J connectivity index is 0.00000320. The van der Waals surface area contributed by atoms with Gasteiger partial charge in [-0.05, 0) is 35.9 Å². The second kappa shape index (κ2) is 13.2. The van der Waals surface area contributed by atoms with E-state index in [0.29, 0.717) is 19.7 Å². The number of hydrogen-bond acceptors (Lipinski definition) is 5. The summed E-state index contributed by atoms with van der Waals surface area (Å²) in [6.45, 7) is 5.29. The SMILES string of the molecule is CN=C(NCCOc1ccc(OC)cc1)NCc1ccccc1N1CCOCC1.I. The van der Waals surface area contributed by atoms with E-state index in [9.17, 15) is 0 Å². The molecule has 1 heterocycles. The van der Waals surface area contributed by atoms with Crippen LogP contribution in [-0.4, -0.2) is 59.6 Å². The lowest BCUT2D eigenvalue weighted by atomic mass is 10.1. The Morgan fingerprint density at radius 2 is 1.73 bits per heavy atom. The standard InChI is InChI=1S/C22H30N4O3.HI/c1-23-22(24-11-14-29-20-9-7-19(27-2)8-10-20)25-17-18-5-3-4-6-21(18)26-12-15-28-16-13-26;/h3-10H,11-17H2,1-2H3,(H2,23,24,25);1H. The Kier molecular flexibility index (Phi) is 10.6. The first-order valence-electron chi connectivity index (χ1n) is 9.92. The molecule has 3 rings (SSSR count). The number of nitrogens with one attached hydrogen (secondary N) is 2. The van der Waals surface area contributed by atoms with Crippen molar-refractivity contribution in [3.8, 4) is 11.5 Å². The van der Waals surface area contributed by atoms with Gasteiger partial charge in [0.25, 0.3) is 0 Å². The van der Waals surface area contributed by atoms with E-state index in [-0.39, 0.29) is 24.0 Å². The zero-order valence-electron chi connectivity index (χ0n) is 17.6. The molecule has 0 atom stereocenters. The second-order valence-corrected chi connectivity index (χ2v) is 6.60. The van der Waals surface area contributed by atoms with E-state index in [4.69, 9.17) is 14.2 Å². The zero-order valence-corrected chi connectivity index (χ0v) is 19.9. The highest BCUT2D eigenvalue weighted by Crippen LogP contribution is 2.21. The van der Waals surface area contributed by atoms with Crippen LogP contribution >= 0.6 is 24.0 Å². The van der Waals surface area contributed by atoms with E-state index in [1.54, 1.807) is 14.2 Å². The van der Waals surface area contributed by atoms with Crippen LogP contribution in [0, 0.1) is 0 Å². The lowest BCUT2D eigenvalue weighted by molar-refractivity contribution is 0.122. The van der Waals surface area contributed by atoms with Crippen molar-refractivity contribution in [3.05, 3.63) is 54.1 Å². The van der Waals surface area contributed by atoms with E-state index in [0.717, 1.165) is 43.8 Å². The Morgan fingerprint density at radius 1 is 1.03 bits per heavy atom. The molecule has 30 heavy (non-hydrogen) atoms. The number of aliphatic imine (C=N–C) groups is 1. The molecule has 0 amide bonds. The molecule has 2 aromatic carbocycles. The average molecular weight is 526 g/mol. The summed E-state index contributed by atoms with van der Waals surface area (Å²) in [4.78, 5) is 6.68. The fourth-order valence-electron chi connectivity index (χ4n) is 3.18. The molecule has 0 aromatic heterocycles.